The highest BCUT2D eigenvalue weighted by molar-refractivity contribution is 7.99. The molecular formula is C19H17NO3S2. The van der Waals surface area contributed by atoms with E-state index in [0.29, 0.717) is 22.9 Å². The van der Waals surface area contributed by atoms with Gasteiger partial charge in [0.25, 0.3) is 0 Å². The van der Waals surface area contributed by atoms with Crippen molar-refractivity contribution >= 4 is 34.8 Å². The molecule has 1 amide bonds. The van der Waals surface area contributed by atoms with Crippen molar-refractivity contribution in [3.8, 4) is 0 Å². The van der Waals surface area contributed by atoms with Crippen molar-refractivity contribution in [2.24, 2.45) is 0 Å². The van der Waals surface area contributed by atoms with Gasteiger partial charge in [-0.15, -0.1) is 23.1 Å². The number of thioether (sulfide) groups is 1. The van der Waals surface area contributed by atoms with E-state index in [0.717, 1.165) is 10.6 Å². The molecular weight excluding hydrogens is 354 g/mol. The summed E-state index contributed by atoms with van der Waals surface area (Å²) in [6.07, 6.45) is 1.48. The Labute approximate surface area is 154 Å². The number of rotatable bonds is 8. The number of carbonyl (C=O) groups is 2. The van der Waals surface area contributed by atoms with Gasteiger partial charge in [-0.05, 0) is 29.8 Å². The molecule has 0 saturated carbocycles. The zero-order chi connectivity index (χ0) is 17.5. The molecule has 128 valence electrons. The first kappa shape index (κ1) is 17.5. The summed E-state index contributed by atoms with van der Waals surface area (Å²) in [5, 5.41) is 2.89. The molecule has 2 aromatic heterocycles. The summed E-state index contributed by atoms with van der Waals surface area (Å²) >= 11 is 2.95. The first-order valence-electron chi connectivity index (χ1n) is 7.77. The normalized spacial score (nSPS) is 10.6. The van der Waals surface area contributed by atoms with E-state index in [4.69, 9.17) is 4.42 Å². The maximum absolute atomic E-state index is 12.2. The largest absolute Gasteiger partial charge is 0.461 e. The van der Waals surface area contributed by atoms with Crippen LogP contribution in [0.3, 0.4) is 0 Å². The Balaban J connectivity index is 1.42. The van der Waals surface area contributed by atoms with Crippen LogP contribution >= 0.6 is 23.1 Å². The molecule has 0 bridgehead atoms. The second kappa shape index (κ2) is 8.69. The Morgan fingerprint density at radius 2 is 1.88 bits per heavy atom. The Hall–Kier alpha value is -2.31. The van der Waals surface area contributed by atoms with Crippen molar-refractivity contribution in [3.63, 3.8) is 0 Å². The third-order valence-corrected chi connectivity index (χ3v) is 5.52. The van der Waals surface area contributed by atoms with E-state index in [9.17, 15) is 9.59 Å². The van der Waals surface area contributed by atoms with Gasteiger partial charge < -0.3 is 9.73 Å². The number of ketones is 1. The lowest BCUT2D eigenvalue weighted by Crippen LogP contribution is -2.24. The van der Waals surface area contributed by atoms with Gasteiger partial charge in [-0.2, -0.15) is 0 Å². The Morgan fingerprint density at radius 3 is 2.64 bits per heavy atom. The summed E-state index contributed by atoms with van der Waals surface area (Å²) < 4.78 is 5.12. The van der Waals surface area contributed by atoms with Gasteiger partial charge in [-0.25, -0.2) is 0 Å². The quantitative estimate of drug-likeness (QED) is 0.605. The standard InChI is InChI=1S/C19H17NO3S2/c21-18(13-24-12-14-5-2-1-3-6-14)20-11-15-8-9-17(25-15)19(22)16-7-4-10-23-16/h1-10H,11-13H2,(H,20,21). The molecule has 0 fully saturated rings. The number of hydrogen-bond acceptors (Lipinski definition) is 5. The lowest BCUT2D eigenvalue weighted by Gasteiger charge is -2.04. The van der Waals surface area contributed by atoms with Crippen molar-refractivity contribution in [2.75, 3.05) is 5.75 Å². The fourth-order valence-electron chi connectivity index (χ4n) is 2.20. The minimum absolute atomic E-state index is 0.00626. The van der Waals surface area contributed by atoms with Crippen LogP contribution in [0.25, 0.3) is 0 Å². The van der Waals surface area contributed by atoms with Crippen LogP contribution in [-0.4, -0.2) is 17.4 Å². The van der Waals surface area contributed by atoms with Crippen molar-refractivity contribution in [1.82, 2.24) is 5.32 Å². The Bertz CT molecular complexity index is 825. The van der Waals surface area contributed by atoms with E-state index in [2.05, 4.69) is 5.32 Å². The molecule has 0 atom stereocenters. The van der Waals surface area contributed by atoms with E-state index in [1.54, 1.807) is 30.0 Å². The molecule has 0 saturated heterocycles. The summed E-state index contributed by atoms with van der Waals surface area (Å²) in [5.41, 5.74) is 1.21. The van der Waals surface area contributed by atoms with Gasteiger partial charge in [-0.1, -0.05) is 30.3 Å². The van der Waals surface area contributed by atoms with Gasteiger partial charge in [-0.3, -0.25) is 9.59 Å². The van der Waals surface area contributed by atoms with Gasteiger partial charge >= 0.3 is 0 Å². The second-order valence-electron chi connectivity index (χ2n) is 5.33. The number of carbonyl (C=O) groups excluding carboxylic acids is 2. The molecule has 0 spiro atoms. The van der Waals surface area contributed by atoms with Gasteiger partial charge in [0.2, 0.25) is 11.7 Å². The molecule has 1 N–H and O–H groups in total. The average molecular weight is 371 g/mol. The zero-order valence-electron chi connectivity index (χ0n) is 13.4. The van der Waals surface area contributed by atoms with Gasteiger partial charge in [0.05, 0.1) is 23.4 Å². The van der Waals surface area contributed by atoms with Crippen LogP contribution in [0, 0.1) is 0 Å². The van der Waals surface area contributed by atoms with Crippen molar-refractivity contribution in [1.29, 1.82) is 0 Å². The van der Waals surface area contributed by atoms with Crippen LogP contribution in [-0.2, 0) is 17.1 Å². The molecule has 0 aliphatic carbocycles. The molecule has 4 nitrogen and oxygen atoms in total. The number of hydrogen-bond donors (Lipinski definition) is 1. The van der Waals surface area contributed by atoms with Crippen molar-refractivity contribution < 1.29 is 14.0 Å². The predicted molar refractivity (Wildman–Crippen MR) is 101 cm³/mol. The molecule has 6 heteroatoms. The molecule has 0 aliphatic heterocycles. The van der Waals surface area contributed by atoms with Crippen molar-refractivity contribution in [2.45, 2.75) is 12.3 Å². The van der Waals surface area contributed by atoms with Gasteiger partial charge in [0, 0.05) is 10.6 Å². The fourth-order valence-corrected chi connectivity index (χ4v) is 3.91. The van der Waals surface area contributed by atoms with E-state index >= 15 is 0 Å². The van der Waals surface area contributed by atoms with E-state index in [-0.39, 0.29) is 11.7 Å². The van der Waals surface area contributed by atoms with E-state index in [1.807, 2.05) is 36.4 Å². The maximum Gasteiger partial charge on any atom is 0.238 e. The summed E-state index contributed by atoms with van der Waals surface area (Å²) in [4.78, 5) is 25.6. The Kier molecular flexibility index (Phi) is 6.09. The third-order valence-electron chi connectivity index (χ3n) is 3.43. The minimum atomic E-state index is -0.133. The molecule has 0 radical (unpaired) electrons. The third kappa shape index (κ3) is 5.08. The predicted octanol–water partition coefficient (Wildman–Crippen LogP) is 4.12. The molecule has 2 heterocycles. The van der Waals surface area contributed by atoms with Crippen LogP contribution in [0.2, 0.25) is 0 Å². The number of nitrogens with one attached hydrogen (secondary N) is 1. The fraction of sp³-hybridized carbons (Fsp3) is 0.158. The van der Waals surface area contributed by atoms with E-state index < -0.39 is 0 Å². The summed E-state index contributed by atoms with van der Waals surface area (Å²) in [6, 6.07) is 17.0. The SMILES string of the molecule is O=C(CSCc1ccccc1)NCc1ccc(C(=O)c2ccco2)s1. The number of benzene rings is 1. The van der Waals surface area contributed by atoms with Gasteiger partial charge in [0.15, 0.2) is 5.76 Å². The smallest absolute Gasteiger partial charge is 0.238 e. The van der Waals surface area contributed by atoms with Crippen LogP contribution in [0.4, 0.5) is 0 Å². The topological polar surface area (TPSA) is 59.3 Å². The lowest BCUT2D eigenvalue weighted by atomic mass is 10.2. The number of furan rings is 1. The lowest BCUT2D eigenvalue weighted by molar-refractivity contribution is -0.118. The summed E-state index contributed by atoms with van der Waals surface area (Å²) in [6.45, 7) is 0.431. The molecule has 0 aliphatic rings. The van der Waals surface area contributed by atoms with Gasteiger partial charge in [0.1, 0.15) is 0 Å². The van der Waals surface area contributed by atoms with Crippen LogP contribution < -0.4 is 5.32 Å². The number of amides is 1. The first-order valence-corrected chi connectivity index (χ1v) is 9.75. The molecule has 0 unspecified atom stereocenters. The zero-order valence-corrected chi connectivity index (χ0v) is 15.1. The highest BCUT2D eigenvalue weighted by Gasteiger charge is 2.14. The Morgan fingerprint density at radius 1 is 1.04 bits per heavy atom. The minimum Gasteiger partial charge on any atom is -0.461 e. The molecule has 3 rings (SSSR count). The van der Waals surface area contributed by atoms with Crippen LogP contribution in [0.1, 0.15) is 25.9 Å². The summed E-state index contributed by atoms with van der Waals surface area (Å²) in [5.74, 6) is 1.42. The van der Waals surface area contributed by atoms with Crippen LogP contribution in [0.15, 0.2) is 65.3 Å². The van der Waals surface area contributed by atoms with Crippen LogP contribution in [0.5, 0.6) is 0 Å². The average Bonchev–Trinajstić information content (AvgIpc) is 3.32. The number of thiophene rings is 1. The highest BCUT2D eigenvalue weighted by Crippen LogP contribution is 2.20. The van der Waals surface area contributed by atoms with E-state index in [1.165, 1.54) is 23.2 Å². The molecule has 1 aromatic carbocycles. The van der Waals surface area contributed by atoms with Crippen molar-refractivity contribution in [3.05, 3.63) is 81.9 Å². The molecule has 25 heavy (non-hydrogen) atoms. The highest BCUT2D eigenvalue weighted by atomic mass is 32.2. The summed E-state index contributed by atoms with van der Waals surface area (Å²) in [7, 11) is 0. The second-order valence-corrected chi connectivity index (χ2v) is 7.48. The monoisotopic (exact) mass is 371 g/mol. The molecule has 3 aromatic rings. The first-order chi connectivity index (χ1) is 12.2. The maximum atomic E-state index is 12.2.